The Morgan fingerprint density at radius 2 is 1.88 bits per heavy atom. The summed E-state index contributed by atoms with van der Waals surface area (Å²) < 4.78 is 39.6. The number of nitrogens with one attached hydrogen (secondary N) is 1. The van der Waals surface area contributed by atoms with Crippen LogP contribution in [-0.2, 0) is 14.8 Å². The lowest BCUT2D eigenvalue weighted by atomic mass is 10.3. The maximum Gasteiger partial charge on any atom is 0.264 e. The van der Waals surface area contributed by atoms with Crippen LogP contribution in [0.5, 0.6) is 5.75 Å². The lowest BCUT2D eigenvalue weighted by Gasteiger charge is -2.25. The first-order valence-electron chi connectivity index (χ1n) is 9.70. The summed E-state index contributed by atoms with van der Waals surface area (Å²) in [6.45, 7) is 3.41. The number of benzene rings is 2. The van der Waals surface area contributed by atoms with Crippen molar-refractivity contribution in [2.45, 2.75) is 18.7 Å². The third-order valence-electron chi connectivity index (χ3n) is 4.31. The van der Waals surface area contributed by atoms with Gasteiger partial charge in [0.2, 0.25) is 0 Å². The van der Waals surface area contributed by atoms with Crippen molar-refractivity contribution in [1.29, 1.82) is 0 Å². The predicted molar refractivity (Wildman–Crippen MR) is 125 cm³/mol. The van der Waals surface area contributed by atoms with Crippen LogP contribution in [0.3, 0.4) is 0 Å². The number of nitrogens with zero attached hydrogens (tertiary/aromatic N) is 2. The Morgan fingerprint density at radius 1 is 1.19 bits per heavy atom. The average molecular weight is 520 g/mol. The molecule has 1 aromatic heterocycles. The quantitative estimate of drug-likeness (QED) is 0.338. The topological polar surface area (TPSA) is 101 Å². The first-order chi connectivity index (χ1) is 15.3. The number of hydrogen-bond donors (Lipinski definition) is 1. The van der Waals surface area contributed by atoms with E-state index in [2.05, 4.69) is 26.5 Å². The van der Waals surface area contributed by atoms with E-state index in [9.17, 15) is 13.2 Å². The van der Waals surface area contributed by atoms with E-state index in [0.717, 1.165) is 8.78 Å². The van der Waals surface area contributed by atoms with Gasteiger partial charge in [0, 0.05) is 6.07 Å². The number of rotatable bonds is 9. The molecule has 0 bridgehead atoms. The van der Waals surface area contributed by atoms with Gasteiger partial charge in [0.05, 0.1) is 27.9 Å². The highest BCUT2D eigenvalue weighted by Gasteiger charge is 2.29. The van der Waals surface area contributed by atoms with Gasteiger partial charge in [0.25, 0.3) is 15.9 Å². The van der Waals surface area contributed by atoms with Crippen molar-refractivity contribution in [1.82, 2.24) is 5.43 Å². The Labute approximate surface area is 195 Å². The number of carbonyl (C=O) groups is 1. The van der Waals surface area contributed by atoms with Gasteiger partial charge in [-0.1, -0.05) is 30.3 Å². The zero-order valence-electron chi connectivity index (χ0n) is 17.5. The summed E-state index contributed by atoms with van der Waals surface area (Å²) in [7, 11) is -4.05. The second kappa shape index (κ2) is 10.5. The monoisotopic (exact) mass is 519 g/mol. The van der Waals surface area contributed by atoms with Gasteiger partial charge in [0.15, 0.2) is 0 Å². The van der Waals surface area contributed by atoms with Crippen LogP contribution in [0.4, 0.5) is 5.69 Å². The van der Waals surface area contributed by atoms with E-state index in [0.29, 0.717) is 23.9 Å². The number of hydrazone groups is 1. The summed E-state index contributed by atoms with van der Waals surface area (Å²) in [5, 5.41) is 3.86. The molecule has 10 heteroatoms. The number of hydrogen-bond acceptors (Lipinski definition) is 6. The van der Waals surface area contributed by atoms with Crippen molar-refractivity contribution in [3.8, 4) is 5.75 Å². The molecule has 3 rings (SSSR count). The van der Waals surface area contributed by atoms with E-state index < -0.39 is 22.5 Å². The first-order valence-corrected chi connectivity index (χ1v) is 11.9. The number of sulfonamides is 1. The largest absolute Gasteiger partial charge is 0.492 e. The van der Waals surface area contributed by atoms with Crippen LogP contribution >= 0.6 is 15.9 Å². The minimum atomic E-state index is -4.05. The summed E-state index contributed by atoms with van der Waals surface area (Å²) in [5.74, 6) is 0.826. The Morgan fingerprint density at radius 3 is 2.53 bits per heavy atom. The minimum Gasteiger partial charge on any atom is -0.492 e. The molecule has 1 amide bonds. The second-order valence-electron chi connectivity index (χ2n) is 6.57. The van der Waals surface area contributed by atoms with E-state index in [1.807, 2.05) is 0 Å². The number of furan rings is 1. The molecule has 0 radical (unpaired) electrons. The van der Waals surface area contributed by atoms with E-state index >= 15 is 0 Å². The molecule has 0 spiro atoms. The molecule has 0 saturated carbocycles. The molecule has 0 unspecified atom stereocenters. The van der Waals surface area contributed by atoms with Crippen LogP contribution in [0.15, 0.2) is 79.6 Å². The van der Waals surface area contributed by atoms with Gasteiger partial charge >= 0.3 is 0 Å². The standard InChI is InChI=1S/C22H22BrN3O5S/c1-3-30-21-12-8-7-11-20(21)26(32(28,29)18-9-5-4-6-10-18)15-22(27)25-24-14-17-13-19(23)16(2)31-17/h4-14H,3,15H2,1-2H3,(H,25,27)/b24-14+. The van der Waals surface area contributed by atoms with E-state index in [1.165, 1.54) is 18.3 Å². The number of aryl methyl sites for hydroxylation is 1. The van der Waals surface area contributed by atoms with Crippen LogP contribution in [-0.4, -0.2) is 33.7 Å². The molecule has 0 atom stereocenters. The molecule has 0 aliphatic rings. The molecule has 0 aliphatic carbocycles. The smallest absolute Gasteiger partial charge is 0.264 e. The highest BCUT2D eigenvalue weighted by atomic mass is 79.9. The van der Waals surface area contributed by atoms with Gasteiger partial charge in [0.1, 0.15) is 23.8 Å². The van der Waals surface area contributed by atoms with Gasteiger partial charge in [-0.05, 0) is 54.0 Å². The van der Waals surface area contributed by atoms with Crippen molar-refractivity contribution in [2.75, 3.05) is 17.5 Å². The molecule has 0 aliphatic heterocycles. The van der Waals surface area contributed by atoms with E-state index in [-0.39, 0.29) is 10.6 Å². The van der Waals surface area contributed by atoms with Crippen LogP contribution in [0.25, 0.3) is 0 Å². The fourth-order valence-electron chi connectivity index (χ4n) is 2.84. The van der Waals surface area contributed by atoms with Crippen LogP contribution in [0, 0.1) is 6.92 Å². The zero-order valence-corrected chi connectivity index (χ0v) is 19.9. The molecule has 8 nitrogen and oxygen atoms in total. The molecular formula is C22H22BrN3O5S. The number of anilines is 1. The summed E-state index contributed by atoms with van der Waals surface area (Å²) in [4.78, 5) is 12.7. The molecule has 32 heavy (non-hydrogen) atoms. The maximum atomic E-state index is 13.4. The van der Waals surface area contributed by atoms with Crippen LogP contribution < -0.4 is 14.5 Å². The van der Waals surface area contributed by atoms with Crippen molar-refractivity contribution in [3.05, 3.63) is 76.7 Å². The lowest BCUT2D eigenvalue weighted by molar-refractivity contribution is -0.119. The highest BCUT2D eigenvalue weighted by molar-refractivity contribution is 9.10. The number of ether oxygens (including phenoxy) is 1. The highest BCUT2D eigenvalue weighted by Crippen LogP contribution is 2.32. The number of carbonyl (C=O) groups excluding carboxylic acids is 1. The Balaban J connectivity index is 1.88. The van der Waals surface area contributed by atoms with Gasteiger partial charge < -0.3 is 9.15 Å². The molecular weight excluding hydrogens is 498 g/mol. The molecule has 3 aromatic rings. The number of halogens is 1. The third kappa shape index (κ3) is 5.57. The second-order valence-corrected chi connectivity index (χ2v) is 9.29. The van der Waals surface area contributed by atoms with Crippen molar-refractivity contribution >= 4 is 43.8 Å². The van der Waals surface area contributed by atoms with Crippen molar-refractivity contribution < 1.29 is 22.4 Å². The SMILES string of the molecule is CCOc1ccccc1N(CC(=O)N/N=C/c1cc(Br)c(C)o1)S(=O)(=O)c1ccccc1. The summed E-state index contributed by atoms with van der Waals surface area (Å²) >= 11 is 3.33. The van der Waals surface area contributed by atoms with Crippen molar-refractivity contribution in [3.63, 3.8) is 0 Å². The van der Waals surface area contributed by atoms with Gasteiger partial charge in [-0.15, -0.1) is 0 Å². The summed E-state index contributed by atoms with van der Waals surface area (Å²) in [6.07, 6.45) is 1.33. The van der Waals surface area contributed by atoms with Crippen LogP contribution in [0.2, 0.25) is 0 Å². The number of para-hydroxylation sites is 2. The third-order valence-corrected chi connectivity index (χ3v) is 6.87. The predicted octanol–water partition coefficient (Wildman–Crippen LogP) is 4.09. The van der Waals surface area contributed by atoms with E-state index in [4.69, 9.17) is 9.15 Å². The van der Waals surface area contributed by atoms with Gasteiger partial charge in [-0.2, -0.15) is 5.10 Å². The fraction of sp³-hybridized carbons (Fsp3) is 0.182. The first kappa shape index (κ1) is 23.6. The minimum absolute atomic E-state index is 0.0542. The molecule has 0 fully saturated rings. The summed E-state index contributed by atoms with van der Waals surface area (Å²) in [5.41, 5.74) is 2.60. The molecule has 1 heterocycles. The Kier molecular flexibility index (Phi) is 7.70. The fourth-order valence-corrected chi connectivity index (χ4v) is 4.60. The maximum absolute atomic E-state index is 13.4. The Bertz CT molecular complexity index is 1190. The Hall–Kier alpha value is -3.11. The van der Waals surface area contributed by atoms with E-state index in [1.54, 1.807) is 62.4 Å². The van der Waals surface area contributed by atoms with Gasteiger partial charge in [-0.25, -0.2) is 13.8 Å². The van der Waals surface area contributed by atoms with Gasteiger partial charge in [-0.3, -0.25) is 9.10 Å². The molecule has 1 N–H and O–H groups in total. The molecule has 0 saturated heterocycles. The van der Waals surface area contributed by atoms with Crippen molar-refractivity contribution in [2.24, 2.45) is 5.10 Å². The normalized spacial score (nSPS) is 11.5. The lowest BCUT2D eigenvalue weighted by Crippen LogP contribution is -2.39. The zero-order chi connectivity index (χ0) is 23.1. The molecule has 168 valence electrons. The number of amides is 1. The summed E-state index contributed by atoms with van der Waals surface area (Å²) in [6, 6.07) is 16.3. The molecule has 2 aromatic carbocycles. The van der Waals surface area contributed by atoms with Crippen LogP contribution in [0.1, 0.15) is 18.4 Å². The average Bonchev–Trinajstić information content (AvgIpc) is 3.10.